The van der Waals surface area contributed by atoms with Crippen LogP contribution in [0.1, 0.15) is 17.4 Å². The van der Waals surface area contributed by atoms with Crippen LogP contribution < -0.4 is 10.5 Å². The summed E-state index contributed by atoms with van der Waals surface area (Å²) in [5.74, 6) is -0.798. The molecule has 0 aliphatic heterocycles. The third-order valence-electron chi connectivity index (χ3n) is 2.28. The van der Waals surface area contributed by atoms with Crippen molar-refractivity contribution in [3.63, 3.8) is 0 Å². The van der Waals surface area contributed by atoms with Crippen LogP contribution in [0.5, 0.6) is 5.75 Å². The molecule has 0 radical (unpaired) electrons. The fourth-order valence-corrected chi connectivity index (χ4v) is 1.56. The highest BCUT2D eigenvalue weighted by molar-refractivity contribution is 5.97. The minimum absolute atomic E-state index is 0.0541. The van der Waals surface area contributed by atoms with E-state index >= 15 is 0 Å². The van der Waals surface area contributed by atoms with E-state index in [-0.39, 0.29) is 11.4 Å². The summed E-state index contributed by atoms with van der Waals surface area (Å²) in [5, 5.41) is 9.73. The quantitative estimate of drug-likeness (QED) is 0.849. The zero-order valence-electron chi connectivity index (χ0n) is 9.61. The minimum Gasteiger partial charge on any atom is -0.493 e. The van der Waals surface area contributed by atoms with Gasteiger partial charge >= 0.3 is 0 Å². The zero-order chi connectivity index (χ0) is 13.1. The first-order chi connectivity index (χ1) is 8.63. The SMILES string of the molecule is CCOc1ccc(F)cc1-c1n[nH]nc1C(N)=O. The molecule has 0 atom stereocenters. The number of hydrogen-bond acceptors (Lipinski definition) is 4. The third-order valence-corrected chi connectivity index (χ3v) is 2.28. The van der Waals surface area contributed by atoms with Gasteiger partial charge in [0.15, 0.2) is 5.69 Å². The van der Waals surface area contributed by atoms with Gasteiger partial charge < -0.3 is 10.5 Å². The maximum atomic E-state index is 13.3. The van der Waals surface area contributed by atoms with Gasteiger partial charge in [0.25, 0.3) is 5.91 Å². The van der Waals surface area contributed by atoms with Crippen molar-refractivity contribution >= 4 is 5.91 Å². The van der Waals surface area contributed by atoms with Gasteiger partial charge in [0.05, 0.1) is 6.61 Å². The normalized spacial score (nSPS) is 10.3. The number of amides is 1. The van der Waals surface area contributed by atoms with Gasteiger partial charge in [0.2, 0.25) is 0 Å². The van der Waals surface area contributed by atoms with Gasteiger partial charge in [0.1, 0.15) is 17.3 Å². The maximum Gasteiger partial charge on any atom is 0.271 e. The van der Waals surface area contributed by atoms with Crippen LogP contribution in [0.25, 0.3) is 11.3 Å². The summed E-state index contributed by atoms with van der Waals surface area (Å²) in [6, 6.07) is 3.95. The molecule has 0 fully saturated rings. The molecule has 0 aliphatic carbocycles. The van der Waals surface area contributed by atoms with E-state index < -0.39 is 11.7 Å². The summed E-state index contributed by atoms with van der Waals surface area (Å²) in [6.07, 6.45) is 0. The molecule has 1 amide bonds. The van der Waals surface area contributed by atoms with Gasteiger partial charge in [-0.2, -0.15) is 15.4 Å². The van der Waals surface area contributed by atoms with Crippen molar-refractivity contribution in [3.05, 3.63) is 29.7 Å². The number of halogens is 1. The van der Waals surface area contributed by atoms with E-state index in [1.807, 2.05) is 0 Å². The third kappa shape index (κ3) is 2.15. The number of rotatable bonds is 4. The lowest BCUT2D eigenvalue weighted by atomic mass is 10.1. The minimum atomic E-state index is -0.745. The lowest BCUT2D eigenvalue weighted by Crippen LogP contribution is -2.13. The first-order valence-electron chi connectivity index (χ1n) is 5.26. The molecule has 2 aromatic rings. The van der Waals surface area contributed by atoms with E-state index in [2.05, 4.69) is 15.4 Å². The Morgan fingerprint density at radius 1 is 1.50 bits per heavy atom. The van der Waals surface area contributed by atoms with E-state index in [4.69, 9.17) is 10.5 Å². The summed E-state index contributed by atoms with van der Waals surface area (Å²) in [5.41, 5.74) is 5.61. The van der Waals surface area contributed by atoms with Gasteiger partial charge in [-0.05, 0) is 25.1 Å². The first kappa shape index (κ1) is 12.0. The topological polar surface area (TPSA) is 93.9 Å². The Hall–Kier alpha value is -2.44. The highest BCUT2D eigenvalue weighted by Crippen LogP contribution is 2.30. The van der Waals surface area contributed by atoms with Crippen LogP contribution in [-0.4, -0.2) is 27.9 Å². The van der Waals surface area contributed by atoms with Crippen molar-refractivity contribution < 1.29 is 13.9 Å². The molecular weight excluding hydrogens is 239 g/mol. The molecule has 3 N–H and O–H groups in total. The average Bonchev–Trinajstić information content (AvgIpc) is 2.80. The number of nitrogens with one attached hydrogen (secondary N) is 1. The number of H-pyrrole nitrogens is 1. The van der Waals surface area contributed by atoms with E-state index in [1.165, 1.54) is 18.2 Å². The molecule has 0 unspecified atom stereocenters. The van der Waals surface area contributed by atoms with Gasteiger partial charge in [0, 0.05) is 5.56 Å². The number of primary amides is 1. The van der Waals surface area contributed by atoms with Crippen molar-refractivity contribution in [2.75, 3.05) is 6.61 Å². The van der Waals surface area contributed by atoms with Gasteiger partial charge in [-0.1, -0.05) is 0 Å². The first-order valence-corrected chi connectivity index (χ1v) is 5.26. The Bertz CT molecular complexity index is 582. The predicted molar refractivity (Wildman–Crippen MR) is 61.5 cm³/mol. The predicted octanol–water partition coefficient (Wildman–Crippen LogP) is 1.11. The summed E-state index contributed by atoms with van der Waals surface area (Å²) in [6.45, 7) is 2.20. The molecule has 94 valence electrons. The Morgan fingerprint density at radius 3 is 2.94 bits per heavy atom. The van der Waals surface area contributed by atoms with Crippen molar-refractivity contribution in [1.82, 2.24) is 15.4 Å². The Morgan fingerprint density at radius 2 is 2.28 bits per heavy atom. The van der Waals surface area contributed by atoms with Gasteiger partial charge in [-0.25, -0.2) is 4.39 Å². The second-order valence-corrected chi connectivity index (χ2v) is 3.46. The molecule has 0 saturated carbocycles. The van der Waals surface area contributed by atoms with E-state index in [0.29, 0.717) is 17.9 Å². The lowest BCUT2D eigenvalue weighted by Gasteiger charge is -2.08. The molecule has 0 aliphatic rings. The second kappa shape index (κ2) is 4.82. The van der Waals surface area contributed by atoms with Crippen LogP contribution in [0.3, 0.4) is 0 Å². The van der Waals surface area contributed by atoms with Crippen molar-refractivity contribution in [2.45, 2.75) is 6.92 Å². The Kier molecular flexibility index (Phi) is 3.22. The molecule has 1 heterocycles. The Labute approximate surface area is 102 Å². The zero-order valence-corrected chi connectivity index (χ0v) is 9.61. The largest absolute Gasteiger partial charge is 0.493 e. The number of aromatic nitrogens is 3. The number of nitrogens with two attached hydrogens (primary N) is 1. The van der Waals surface area contributed by atoms with Gasteiger partial charge in [-0.3, -0.25) is 4.79 Å². The molecular formula is C11H11FN4O2. The molecule has 1 aromatic carbocycles. The Balaban J connectivity index is 2.58. The van der Waals surface area contributed by atoms with Crippen LogP contribution >= 0.6 is 0 Å². The summed E-state index contributed by atoms with van der Waals surface area (Å²) < 4.78 is 18.6. The molecule has 6 nitrogen and oxygen atoms in total. The van der Waals surface area contributed by atoms with Crippen LogP contribution in [-0.2, 0) is 0 Å². The van der Waals surface area contributed by atoms with E-state index in [1.54, 1.807) is 6.92 Å². The van der Waals surface area contributed by atoms with Crippen LogP contribution in [0.2, 0.25) is 0 Å². The van der Waals surface area contributed by atoms with Crippen LogP contribution in [0, 0.1) is 5.82 Å². The smallest absolute Gasteiger partial charge is 0.271 e. The van der Waals surface area contributed by atoms with Crippen LogP contribution in [0.4, 0.5) is 4.39 Å². The highest BCUT2D eigenvalue weighted by Gasteiger charge is 2.19. The summed E-state index contributed by atoms with van der Waals surface area (Å²) in [7, 11) is 0. The number of nitrogens with zero attached hydrogens (tertiary/aromatic N) is 2. The number of hydrogen-bond donors (Lipinski definition) is 2. The summed E-state index contributed by atoms with van der Waals surface area (Å²) >= 11 is 0. The fraction of sp³-hybridized carbons (Fsp3) is 0.182. The molecule has 0 bridgehead atoms. The lowest BCUT2D eigenvalue weighted by molar-refractivity contribution is 0.0996. The molecule has 7 heteroatoms. The number of benzene rings is 1. The number of carbonyl (C=O) groups excluding carboxylic acids is 1. The number of aromatic amines is 1. The average molecular weight is 250 g/mol. The fourth-order valence-electron chi connectivity index (χ4n) is 1.56. The second-order valence-electron chi connectivity index (χ2n) is 3.46. The molecule has 2 rings (SSSR count). The summed E-state index contributed by atoms with van der Waals surface area (Å²) in [4.78, 5) is 11.2. The standard InChI is InChI=1S/C11H11FN4O2/c1-2-18-8-4-3-6(12)5-7(8)9-10(11(13)17)15-16-14-9/h3-5H,2H2,1H3,(H2,13,17)(H,14,15,16). The molecule has 0 saturated heterocycles. The van der Waals surface area contributed by atoms with Crippen molar-refractivity contribution in [3.8, 4) is 17.0 Å². The maximum absolute atomic E-state index is 13.3. The number of ether oxygens (including phenoxy) is 1. The molecule has 18 heavy (non-hydrogen) atoms. The monoisotopic (exact) mass is 250 g/mol. The molecule has 1 aromatic heterocycles. The van der Waals surface area contributed by atoms with Gasteiger partial charge in [-0.15, -0.1) is 0 Å². The van der Waals surface area contributed by atoms with Crippen LogP contribution in [0.15, 0.2) is 18.2 Å². The highest BCUT2D eigenvalue weighted by atomic mass is 19.1. The molecule has 0 spiro atoms. The van der Waals surface area contributed by atoms with Crippen molar-refractivity contribution in [2.24, 2.45) is 5.73 Å². The number of carbonyl (C=O) groups is 1. The van der Waals surface area contributed by atoms with E-state index in [9.17, 15) is 9.18 Å². The van der Waals surface area contributed by atoms with E-state index in [0.717, 1.165) is 0 Å². The van der Waals surface area contributed by atoms with Crippen molar-refractivity contribution in [1.29, 1.82) is 0 Å².